The molecule has 0 spiro atoms. The fourth-order valence-electron chi connectivity index (χ4n) is 2.04. The van der Waals surface area contributed by atoms with E-state index in [-0.39, 0.29) is 5.75 Å². The van der Waals surface area contributed by atoms with Crippen molar-refractivity contribution in [3.05, 3.63) is 59.4 Å². The van der Waals surface area contributed by atoms with Crippen molar-refractivity contribution in [1.82, 2.24) is 0 Å². The van der Waals surface area contributed by atoms with Crippen LogP contribution in [0.1, 0.15) is 17.0 Å². The van der Waals surface area contributed by atoms with Gasteiger partial charge >= 0.3 is 0 Å². The molecule has 0 heterocycles. The van der Waals surface area contributed by atoms with Crippen molar-refractivity contribution in [3.63, 3.8) is 0 Å². The molecule has 1 atom stereocenters. The van der Waals surface area contributed by atoms with Crippen LogP contribution in [-0.2, 0) is 4.79 Å². The van der Waals surface area contributed by atoms with Gasteiger partial charge in [-0.2, -0.15) is 0 Å². The Balaban J connectivity index is 2.35. The van der Waals surface area contributed by atoms with Gasteiger partial charge in [-0.05, 0) is 35.4 Å². The fourth-order valence-corrected chi connectivity index (χ4v) is 2.04. The van der Waals surface area contributed by atoms with E-state index in [1.807, 2.05) is 0 Å². The number of hydrogen-bond acceptors (Lipinski definition) is 3. The van der Waals surface area contributed by atoms with Gasteiger partial charge in [-0.25, -0.2) is 4.39 Å². The van der Waals surface area contributed by atoms with Gasteiger partial charge in [0, 0.05) is 0 Å². The predicted molar refractivity (Wildman–Crippen MR) is 73.9 cm³/mol. The van der Waals surface area contributed by atoms with Gasteiger partial charge in [0.2, 0.25) is 0 Å². The molecule has 3 nitrogen and oxygen atoms in total. The number of ether oxygens (including phenoxy) is 2. The highest BCUT2D eigenvalue weighted by atomic mass is 19.1. The van der Waals surface area contributed by atoms with Gasteiger partial charge in [0.15, 0.2) is 11.6 Å². The first-order chi connectivity index (χ1) is 9.69. The van der Waals surface area contributed by atoms with E-state index < -0.39 is 11.7 Å². The van der Waals surface area contributed by atoms with Crippen molar-refractivity contribution in [2.45, 2.75) is 5.92 Å². The van der Waals surface area contributed by atoms with Crippen molar-refractivity contribution in [2.24, 2.45) is 0 Å². The lowest BCUT2D eigenvalue weighted by Crippen LogP contribution is -2.03. The maximum Gasteiger partial charge on any atom is 0.165 e. The number of hydrogen-bond donors (Lipinski definition) is 0. The van der Waals surface area contributed by atoms with Crippen LogP contribution < -0.4 is 9.47 Å². The number of halogens is 1. The average Bonchev–Trinajstić information content (AvgIpc) is 2.49. The van der Waals surface area contributed by atoms with E-state index >= 15 is 0 Å². The van der Waals surface area contributed by atoms with E-state index in [9.17, 15) is 9.18 Å². The van der Waals surface area contributed by atoms with Gasteiger partial charge in [-0.3, -0.25) is 0 Å². The smallest absolute Gasteiger partial charge is 0.165 e. The van der Waals surface area contributed by atoms with Crippen LogP contribution in [0, 0.1) is 5.82 Å². The zero-order valence-corrected chi connectivity index (χ0v) is 11.3. The minimum Gasteiger partial charge on any atom is -0.497 e. The SMILES string of the molecule is COc1ccc(C(C=O)c2ccc(OC)c(F)c2)cc1. The van der Waals surface area contributed by atoms with E-state index in [0.29, 0.717) is 11.3 Å². The zero-order valence-electron chi connectivity index (χ0n) is 11.3. The number of rotatable bonds is 5. The van der Waals surface area contributed by atoms with E-state index in [0.717, 1.165) is 11.8 Å². The molecule has 4 heteroatoms. The Morgan fingerprint density at radius 2 is 1.65 bits per heavy atom. The first kappa shape index (κ1) is 14.1. The van der Waals surface area contributed by atoms with E-state index in [4.69, 9.17) is 9.47 Å². The molecule has 0 aliphatic carbocycles. The van der Waals surface area contributed by atoms with Crippen molar-refractivity contribution < 1.29 is 18.7 Å². The maximum absolute atomic E-state index is 13.7. The number of methoxy groups -OCH3 is 2. The number of aldehydes is 1. The minimum atomic E-state index is -0.513. The minimum absolute atomic E-state index is 0.160. The summed E-state index contributed by atoms with van der Waals surface area (Å²) < 4.78 is 23.7. The largest absolute Gasteiger partial charge is 0.497 e. The second kappa shape index (κ2) is 6.19. The lowest BCUT2D eigenvalue weighted by Gasteiger charge is -2.13. The van der Waals surface area contributed by atoms with Crippen molar-refractivity contribution in [3.8, 4) is 11.5 Å². The van der Waals surface area contributed by atoms with Crippen LogP contribution in [0.25, 0.3) is 0 Å². The summed E-state index contributed by atoms with van der Waals surface area (Å²) in [6.07, 6.45) is 0.795. The van der Waals surface area contributed by atoms with E-state index in [1.165, 1.54) is 19.2 Å². The van der Waals surface area contributed by atoms with Crippen LogP contribution in [0.2, 0.25) is 0 Å². The summed E-state index contributed by atoms with van der Waals surface area (Å²) in [5, 5.41) is 0. The quantitative estimate of drug-likeness (QED) is 0.786. The van der Waals surface area contributed by atoms with Gasteiger partial charge < -0.3 is 14.3 Å². The van der Waals surface area contributed by atoms with Crippen LogP contribution in [0.5, 0.6) is 11.5 Å². The molecule has 2 rings (SSSR count). The first-order valence-corrected chi connectivity index (χ1v) is 6.12. The first-order valence-electron chi connectivity index (χ1n) is 6.12. The summed E-state index contributed by atoms with van der Waals surface area (Å²) in [7, 11) is 2.98. The van der Waals surface area contributed by atoms with Gasteiger partial charge in [0.25, 0.3) is 0 Å². The van der Waals surface area contributed by atoms with Crippen LogP contribution in [0.3, 0.4) is 0 Å². The summed E-state index contributed by atoms with van der Waals surface area (Å²) >= 11 is 0. The third kappa shape index (κ3) is 2.79. The standard InChI is InChI=1S/C16H15FO3/c1-19-13-6-3-11(4-7-13)14(10-18)12-5-8-16(20-2)15(17)9-12/h3-10,14H,1-2H3. The Bertz CT molecular complexity index is 593. The Kier molecular flexibility index (Phi) is 4.35. The highest BCUT2D eigenvalue weighted by Gasteiger charge is 2.15. The summed E-state index contributed by atoms with van der Waals surface area (Å²) in [6, 6.07) is 11.6. The van der Waals surface area contributed by atoms with E-state index in [1.54, 1.807) is 37.4 Å². The molecule has 0 aromatic heterocycles. The summed E-state index contributed by atoms with van der Waals surface area (Å²) in [6.45, 7) is 0. The topological polar surface area (TPSA) is 35.5 Å². The molecule has 1 unspecified atom stereocenters. The molecule has 2 aromatic carbocycles. The lowest BCUT2D eigenvalue weighted by molar-refractivity contribution is -0.108. The van der Waals surface area contributed by atoms with Crippen molar-refractivity contribution in [1.29, 1.82) is 0 Å². The summed E-state index contributed by atoms with van der Waals surface area (Å²) in [5.74, 6) is -0.126. The summed E-state index contributed by atoms with van der Waals surface area (Å²) in [4.78, 5) is 11.3. The Morgan fingerprint density at radius 3 is 2.15 bits per heavy atom. The van der Waals surface area contributed by atoms with Crippen molar-refractivity contribution >= 4 is 6.29 Å². The molecule has 0 N–H and O–H groups in total. The Hall–Kier alpha value is -2.36. The molecular weight excluding hydrogens is 259 g/mol. The molecule has 2 aromatic rings. The normalized spacial score (nSPS) is 11.8. The predicted octanol–water partition coefficient (Wildman–Crippen LogP) is 3.17. The zero-order chi connectivity index (χ0) is 14.5. The molecule has 0 aliphatic heterocycles. The Labute approximate surface area is 117 Å². The number of carbonyl (C=O) groups excluding carboxylic acids is 1. The van der Waals surface area contributed by atoms with Crippen LogP contribution in [-0.4, -0.2) is 20.5 Å². The molecule has 104 valence electrons. The molecule has 0 aliphatic rings. The molecule has 0 bridgehead atoms. The van der Waals surface area contributed by atoms with Crippen LogP contribution in [0.15, 0.2) is 42.5 Å². The third-order valence-corrected chi connectivity index (χ3v) is 3.15. The van der Waals surface area contributed by atoms with Gasteiger partial charge in [0.1, 0.15) is 12.0 Å². The second-order valence-electron chi connectivity index (χ2n) is 4.28. The average molecular weight is 274 g/mol. The molecule has 20 heavy (non-hydrogen) atoms. The number of carbonyl (C=O) groups is 1. The fraction of sp³-hybridized carbons (Fsp3) is 0.188. The molecular formula is C16H15FO3. The van der Waals surface area contributed by atoms with E-state index in [2.05, 4.69) is 0 Å². The maximum atomic E-state index is 13.7. The second-order valence-corrected chi connectivity index (χ2v) is 4.28. The molecule has 0 amide bonds. The molecule has 0 saturated heterocycles. The monoisotopic (exact) mass is 274 g/mol. The van der Waals surface area contributed by atoms with Crippen LogP contribution in [0.4, 0.5) is 4.39 Å². The third-order valence-electron chi connectivity index (χ3n) is 3.15. The lowest BCUT2D eigenvalue weighted by atomic mass is 9.92. The highest BCUT2D eigenvalue weighted by Crippen LogP contribution is 2.27. The van der Waals surface area contributed by atoms with Crippen molar-refractivity contribution in [2.75, 3.05) is 14.2 Å². The number of benzene rings is 2. The highest BCUT2D eigenvalue weighted by molar-refractivity contribution is 5.68. The Morgan fingerprint density at radius 1 is 1.00 bits per heavy atom. The molecule has 0 radical (unpaired) electrons. The van der Waals surface area contributed by atoms with Crippen LogP contribution >= 0.6 is 0 Å². The van der Waals surface area contributed by atoms with Gasteiger partial charge in [0.05, 0.1) is 20.1 Å². The molecule has 0 fully saturated rings. The van der Waals surface area contributed by atoms with Gasteiger partial charge in [-0.15, -0.1) is 0 Å². The summed E-state index contributed by atoms with van der Waals surface area (Å²) in [5.41, 5.74) is 1.37. The molecule has 0 saturated carbocycles. The van der Waals surface area contributed by atoms with Gasteiger partial charge in [-0.1, -0.05) is 18.2 Å².